The molecule has 2 nitrogen and oxygen atoms in total. The van der Waals surface area contributed by atoms with Gasteiger partial charge in [-0.25, -0.2) is 0 Å². The van der Waals surface area contributed by atoms with Crippen LogP contribution in [0.5, 0.6) is 0 Å². The molecule has 0 aromatic heterocycles. The lowest BCUT2D eigenvalue weighted by molar-refractivity contribution is -0.158. The molecule has 1 saturated heterocycles. The Morgan fingerprint density at radius 3 is 2.35 bits per heavy atom. The van der Waals surface area contributed by atoms with E-state index in [1.54, 1.807) is 0 Å². The number of rotatable bonds is 4. The second kappa shape index (κ2) is 5.78. The first-order valence-electron chi connectivity index (χ1n) is 7.16. The molecule has 0 spiro atoms. The predicted octanol–water partition coefficient (Wildman–Crippen LogP) is 4.12. The zero-order chi connectivity index (χ0) is 13.8. The lowest BCUT2D eigenvalue weighted by Crippen LogP contribution is -2.26. The monoisotopic (exact) mass is 268 g/mol. The minimum Gasteiger partial charge on any atom is -0.347 e. The molecule has 1 aliphatic heterocycles. The highest BCUT2D eigenvalue weighted by atomic mass is 16.7. The van der Waals surface area contributed by atoms with Crippen molar-refractivity contribution in [3.63, 3.8) is 0 Å². The number of benzene rings is 2. The summed E-state index contributed by atoms with van der Waals surface area (Å²) >= 11 is 0. The zero-order valence-electron chi connectivity index (χ0n) is 11.8. The molecule has 2 atom stereocenters. The number of ether oxygens (including phenoxy) is 2. The molecule has 1 aliphatic rings. The van der Waals surface area contributed by atoms with E-state index in [4.69, 9.17) is 9.47 Å². The summed E-state index contributed by atoms with van der Waals surface area (Å²) in [6, 6.07) is 20.8. The summed E-state index contributed by atoms with van der Waals surface area (Å²) in [6.07, 6.45) is 1.90. The van der Waals surface area contributed by atoms with E-state index < -0.39 is 5.79 Å². The first-order chi connectivity index (χ1) is 9.75. The van der Waals surface area contributed by atoms with Crippen molar-refractivity contribution in [3.8, 4) is 0 Å². The van der Waals surface area contributed by atoms with Crippen molar-refractivity contribution in [2.24, 2.45) is 0 Å². The van der Waals surface area contributed by atoms with Gasteiger partial charge in [-0.05, 0) is 24.5 Å². The van der Waals surface area contributed by atoms with E-state index in [0.717, 1.165) is 12.8 Å². The summed E-state index contributed by atoms with van der Waals surface area (Å²) in [5, 5.41) is 0. The Morgan fingerprint density at radius 1 is 1.00 bits per heavy atom. The lowest BCUT2D eigenvalue weighted by Gasteiger charge is -2.23. The van der Waals surface area contributed by atoms with Gasteiger partial charge in [0, 0.05) is 6.42 Å². The van der Waals surface area contributed by atoms with Crippen LogP contribution in [0.25, 0.3) is 0 Å². The van der Waals surface area contributed by atoms with E-state index in [2.05, 4.69) is 36.4 Å². The van der Waals surface area contributed by atoms with E-state index >= 15 is 0 Å². The summed E-state index contributed by atoms with van der Waals surface area (Å²) in [5.41, 5.74) is 2.51. The molecule has 20 heavy (non-hydrogen) atoms. The van der Waals surface area contributed by atoms with Crippen molar-refractivity contribution in [2.75, 3.05) is 6.61 Å². The van der Waals surface area contributed by atoms with Gasteiger partial charge >= 0.3 is 0 Å². The Bertz CT molecular complexity index is 538. The van der Waals surface area contributed by atoms with Crippen LogP contribution in [0.1, 0.15) is 30.6 Å². The van der Waals surface area contributed by atoms with E-state index in [0.29, 0.717) is 6.61 Å². The van der Waals surface area contributed by atoms with Gasteiger partial charge in [0.1, 0.15) is 6.10 Å². The number of hydrogen-bond acceptors (Lipinski definition) is 2. The second-order valence-corrected chi connectivity index (χ2v) is 5.45. The van der Waals surface area contributed by atoms with Crippen molar-refractivity contribution >= 4 is 0 Å². The predicted molar refractivity (Wildman–Crippen MR) is 79.4 cm³/mol. The van der Waals surface area contributed by atoms with Crippen LogP contribution in [0.3, 0.4) is 0 Å². The van der Waals surface area contributed by atoms with Crippen molar-refractivity contribution < 1.29 is 9.47 Å². The van der Waals surface area contributed by atoms with Crippen LogP contribution in [-0.2, 0) is 15.9 Å². The quantitative estimate of drug-likeness (QED) is 0.830. The third-order valence-electron chi connectivity index (χ3n) is 3.81. The number of aryl methyl sites for hydroxylation is 1. The van der Waals surface area contributed by atoms with E-state index in [9.17, 15) is 0 Å². The Morgan fingerprint density at radius 2 is 1.65 bits per heavy atom. The summed E-state index contributed by atoms with van der Waals surface area (Å²) in [5.74, 6) is -0.476. The van der Waals surface area contributed by atoms with Gasteiger partial charge in [0.2, 0.25) is 0 Å². The van der Waals surface area contributed by atoms with Crippen LogP contribution in [0.4, 0.5) is 0 Å². The molecule has 1 fully saturated rings. The molecule has 1 heterocycles. The largest absolute Gasteiger partial charge is 0.347 e. The van der Waals surface area contributed by atoms with Crippen LogP contribution < -0.4 is 0 Å². The molecular formula is C18H20O2. The zero-order valence-corrected chi connectivity index (χ0v) is 11.8. The second-order valence-electron chi connectivity index (χ2n) is 5.45. The van der Waals surface area contributed by atoms with Gasteiger partial charge in [0.25, 0.3) is 0 Å². The van der Waals surface area contributed by atoms with Crippen molar-refractivity contribution in [2.45, 2.75) is 31.7 Å². The summed E-state index contributed by atoms with van der Waals surface area (Å²) in [4.78, 5) is 0. The molecule has 0 radical (unpaired) electrons. The first-order valence-corrected chi connectivity index (χ1v) is 7.16. The topological polar surface area (TPSA) is 18.5 Å². The minimum absolute atomic E-state index is 0.0528. The Balaban J connectivity index is 1.61. The molecule has 0 amide bonds. The first kappa shape index (κ1) is 13.3. The van der Waals surface area contributed by atoms with Gasteiger partial charge in [-0.3, -0.25) is 0 Å². The van der Waals surface area contributed by atoms with E-state index in [1.807, 2.05) is 31.2 Å². The van der Waals surface area contributed by atoms with Crippen LogP contribution in [0, 0.1) is 0 Å². The van der Waals surface area contributed by atoms with Crippen LogP contribution in [0.15, 0.2) is 60.7 Å². The molecule has 2 heteroatoms. The molecule has 2 unspecified atom stereocenters. The standard InChI is InChI=1S/C18H20O2/c1-18(13-12-15-8-4-2-5-9-15)19-14-17(20-18)16-10-6-3-7-11-16/h2-11,17H,12-14H2,1H3. The van der Waals surface area contributed by atoms with Crippen LogP contribution in [0.2, 0.25) is 0 Å². The Kier molecular flexibility index (Phi) is 3.86. The third kappa shape index (κ3) is 3.09. The molecule has 0 saturated carbocycles. The molecule has 2 aromatic rings. The van der Waals surface area contributed by atoms with Gasteiger partial charge in [-0.1, -0.05) is 60.7 Å². The molecule has 0 aliphatic carbocycles. The Labute approximate surface area is 120 Å². The van der Waals surface area contributed by atoms with Crippen molar-refractivity contribution in [1.29, 1.82) is 0 Å². The lowest BCUT2D eigenvalue weighted by atomic mass is 10.1. The van der Waals surface area contributed by atoms with Gasteiger partial charge in [0.15, 0.2) is 5.79 Å². The smallest absolute Gasteiger partial charge is 0.166 e. The molecular weight excluding hydrogens is 248 g/mol. The van der Waals surface area contributed by atoms with E-state index in [-0.39, 0.29) is 6.10 Å². The van der Waals surface area contributed by atoms with Crippen LogP contribution >= 0.6 is 0 Å². The van der Waals surface area contributed by atoms with Crippen LogP contribution in [-0.4, -0.2) is 12.4 Å². The molecule has 2 aromatic carbocycles. The molecule has 104 valence electrons. The molecule has 0 bridgehead atoms. The highest BCUT2D eigenvalue weighted by Gasteiger charge is 2.37. The summed E-state index contributed by atoms with van der Waals surface area (Å²) in [6.45, 7) is 2.67. The van der Waals surface area contributed by atoms with Crippen molar-refractivity contribution in [3.05, 3.63) is 71.8 Å². The van der Waals surface area contributed by atoms with Gasteiger partial charge < -0.3 is 9.47 Å². The fraction of sp³-hybridized carbons (Fsp3) is 0.333. The fourth-order valence-electron chi connectivity index (χ4n) is 2.60. The van der Waals surface area contributed by atoms with E-state index in [1.165, 1.54) is 11.1 Å². The van der Waals surface area contributed by atoms with Gasteiger partial charge in [0.05, 0.1) is 6.61 Å². The Hall–Kier alpha value is -1.64. The number of hydrogen-bond donors (Lipinski definition) is 0. The fourth-order valence-corrected chi connectivity index (χ4v) is 2.60. The third-order valence-corrected chi connectivity index (χ3v) is 3.81. The maximum absolute atomic E-state index is 6.13. The summed E-state index contributed by atoms with van der Waals surface area (Å²) < 4.78 is 12.0. The normalized spacial score (nSPS) is 25.8. The average Bonchev–Trinajstić information content (AvgIpc) is 2.90. The maximum Gasteiger partial charge on any atom is 0.166 e. The minimum atomic E-state index is -0.476. The average molecular weight is 268 g/mol. The molecule has 0 N–H and O–H groups in total. The summed E-state index contributed by atoms with van der Waals surface area (Å²) in [7, 11) is 0. The van der Waals surface area contributed by atoms with Gasteiger partial charge in [-0.15, -0.1) is 0 Å². The molecule has 3 rings (SSSR count). The highest BCUT2D eigenvalue weighted by molar-refractivity contribution is 5.19. The van der Waals surface area contributed by atoms with Crippen molar-refractivity contribution in [1.82, 2.24) is 0 Å². The highest BCUT2D eigenvalue weighted by Crippen LogP contribution is 2.35. The van der Waals surface area contributed by atoms with Gasteiger partial charge in [-0.2, -0.15) is 0 Å². The maximum atomic E-state index is 6.13. The SMILES string of the molecule is CC1(CCc2ccccc2)OCC(c2ccccc2)O1.